The van der Waals surface area contributed by atoms with Crippen molar-refractivity contribution in [2.24, 2.45) is 0 Å². The predicted molar refractivity (Wildman–Crippen MR) is 81.2 cm³/mol. The van der Waals surface area contributed by atoms with Gasteiger partial charge in [-0.3, -0.25) is 5.32 Å². The molecule has 1 aromatic carbocycles. The highest BCUT2D eigenvalue weighted by Crippen LogP contribution is 2.23. The van der Waals surface area contributed by atoms with E-state index in [9.17, 15) is 9.90 Å². The van der Waals surface area contributed by atoms with Crippen LogP contribution in [-0.4, -0.2) is 22.9 Å². The van der Waals surface area contributed by atoms with Gasteiger partial charge in [0.2, 0.25) is 0 Å². The SMILES string of the molecule is Cc1cc(CC(C)O)cc(NC(=O)OC(C)(C)C)c1C. The van der Waals surface area contributed by atoms with Crippen molar-refractivity contribution in [2.45, 2.75) is 59.7 Å². The highest BCUT2D eigenvalue weighted by molar-refractivity contribution is 5.86. The fourth-order valence-corrected chi connectivity index (χ4v) is 1.94. The molecule has 1 aromatic rings. The Morgan fingerprint density at radius 2 is 1.95 bits per heavy atom. The molecule has 0 aliphatic rings. The van der Waals surface area contributed by atoms with E-state index in [0.29, 0.717) is 6.42 Å². The van der Waals surface area contributed by atoms with Crippen molar-refractivity contribution in [3.63, 3.8) is 0 Å². The summed E-state index contributed by atoms with van der Waals surface area (Å²) in [6, 6.07) is 3.92. The van der Waals surface area contributed by atoms with Gasteiger partial charge in [0.1, 0.15) is 5.60 Å². The molecule has 1 unspecified atom stereocenters. The minimum Gasteiger partial charge on any atom is -0.444 e. The summed E-state index contributed by atoms with van der Waals surface area (Å²) in [5.74, 6) is 0. The Morgan fingerprint density at radius 1 is 1.35 bits per heavy atom. The van der Waals surface area contributed by atoms with Crippen molar-refractivity contribution in [3.05, 3.63) is 28.8 Å². The standard InChI is InChI=1S/C16H25NO3/c1-10-7-13(8-11(2)18)9-14(12(10)3)17-15(19)20-16(4,5)6/h7,9,11,18H,8H2,1-6H3,(H,17,19). The minimum atomic E-state index is -0.524. The number of amides is 1. The first kappa shape index (κ1) is 16.5. The first-order valence-corrected chi connectivity index (χ1v) is 6.86. The van der Waals surface area contributed by atoms with E-state index < -0.39 is 17.8 Å². The molecule has 1 amide bonds. The summed E-state index contributed by atoms with van der Waals surface area (Å²) in [5, 5.41) is 12.3. The van der Waals surface area contributed by atoms with Crippen LogP contribution in [0.15, 0.2) is 12.1 Å². The number of aryl methyl sites for hydroxylation is 1. The zero-order chi connectivity index (χ0) is 15.5. The molecule has 4 nitrogen and oxygen atoms in total. The monoisotopic (exact) mass is 279 g/mol. The summed E-state index contributed by atoms with van der Waals surface area (Å²) in [4.78, 5) is 11.8. The molecule has 0 spiro atoms. The number of nitrogens with one attached hydrogen (secondary N) is 1. The van der Waals surface area contributed by atoms with Gasteiger partial charge in [-0.2, -0.15) is 0 Å². The molecule has 2 N–H and O–H groups in total. The van der Waals surface area contributed by atoms with Crippen molar-refractivity contribution in [1.82, 2.24) is 0 Å². The van der Waals surface area contributed by atoms with Gasteiger partial charge in [0.05, 0.1) is 6.10 Å². The molecular weight excluding hydrogens is 254 g/mol. The van der Waals surface area contributed by atoms with Crippen LogP contribution in [0.4, 0.5) is 10.5 Å². The van der Waals surface area contributed by atoms with Gasteiger partial charge in [0, 0.05) is 5.69 Å². The zero-order valence-corrected chi connectivity index (χ0v) is 13.2. The number of hydrogen-bond donors (Lipinski definition) is 2. The van der Waals surface area contributed by atoms with Crippen LogP contribution in [0.2, 0.25) is 0 Å². The summed E-state index contributed by atoms with van der Waals surface area (Å²) < 4.78 is 5.26. The Morgan fingerprint density at radius 3 is 2.45 bits per heavy atom. The first-order chi connectivity index (χ1) is 9.08. The molecule has 0 aromatic heterocycles. The van der Waals surface area contributed by atoms with E-state index in [1.165, 1.54) is 0 Å². The number of hydrogen-bond acceptors (Lipinski definition) is 3. The fraction of sp³-hybridized carbons (Fsp3) is 0.562. The van der Waals surface area contributed by atoms with Gasteiger partial charge in [-0.15, -0.1) is 0 Å². The lowest BCUT2D eigenvalue weighted by molar-refractivity contribution is 0.0636. The van der Waals surface area contributed by atoms with Gasteiger partial charge in [0.25, 0.3) is 0 Å². The molecule has 0 bridgehead atoms. The molecule has 112 valence electrons. The summed E-state index contributed by atoms with van der Waals surface area (Å²) >= 11 is 0. The average Bonchev–Trinajstić information content (AvgIpc) is 2.21. The van der Waals surface area contributed by atoms with Crippen LogP contribution in [0.5, 0.6) is 0 Å². The molecule has 1 rings (SSSR count). The number of rotatable bonds is 3. The van der Waals surface area contributed by atoms with Gasteiger partial charge >= 0.3 is 6.09 Å². The van der Waals surface area contributed by atoms with E-state index in [4.69, 9.17) is 4.74 Å². The topological polar surface area (TPSA) is 58.6 Å². The fourth-order valence-electron chi connectivity index (χ4n) is 1.94. The predicted octanol–water partition coefficient (Wildman–Crippen LogP) is 3.57. The molecule has 20 heavy (non-hydrogen) atoms. The van der Waals surface area contributed by atoms with E-state index in [1.807, 2.05) is 46.8 Å². The van der Waals surface area contributed by atoms with Gasteiger partial charge in [-0.25, -0.2) is 4.79 Å². The Kier molecular flexibility index (Phi) is 5.17. The minimum absolute atomic E-state index is 0.411. The van der Waals surface area contributed by atoms with Crippen LogP contribution in [0.25, 0.3) is 0 Å². The number of ether oxygens (including phenoxy) is 1. The smallest absolute Gasteiger partial charge is 0.412 e. The molecule has 4 heteroatoms. The molecule has 0 saturated heterocycles. The van der Waals surface area contributed by atoms with E-state index >= 15 is 0 Å². The van der Waals surface area contributed by atoms with Crippen LogP contribution in [0, 0.1) is 13.8 Å². The molecule has 0 aliphatic heterocycles. The number of aliphatic hydroxyl groups excluding tert-OH is 1. The third-order valence-corrected chi connectivity index (χ3v) is 2.89. The third-order valence-electron chi connectivity index (χ3n) is 2.89. The Balaban J connectivity index is 2.93. The van der Waals surface area contributed by atoms with Crippen LogP contribution in [0.1, 0.15) is 44.4 Å². The molecule has 0 saturated carbocycles. The van der Waals surface area contributed by atoms with E-state index in [-0.39, 0.29) is 0 Å². The van der Waals surface area contributed by atoms with Crippen molar-refractivity contribution < 1.29 is 14.6 Å². The van der Waals surface area contributed by atoms with Gasteiger partial charge in [0.15, 0.2) is 0 Å². The Bertz CT molecular complexity index is 487. The largest absolute Gasteiger partial charge is 0.444 e. The second-order valence-corrected chi connectivity index (χ2v) is 6.27. The number of anilines is 1. The number of benzene rings is 1. The number of aliphatic hydroxyl groups is 1. The maximum absolute atomic E-state index is 11.8. The second-order valence-electron chi connectivity index (χ2n) is 6.27. The number of carbonyl (C=O) groups is 1. The second kappa shape index (κ2) is 6.27. The van der Waals surface area contributed by atoms with Crippen LogP contribution >= 0.6 is 0 Å². The zero-order valence-electron chi connectivity index (χ0n) is 13.2. The van der Waals surface area contributed by atoms with Crippen molar-refractivity contribution in [3.8, 4) is 0 Å². The van der Waals surface area contributed by atoms with E-state index in [2.05, 4.69) is 5.32 Å². The molecule has 0 radical (unpaired) electrons. The first-order valence-electron chi connectivity index (χ1n) is 6.86. The third kappa shape index (κ3) is 5.21. The van der Waals surface area contributed by atoms with Gasteiger partial charge in [-0.05, 0) is 70.7 Å². The van der Waals surface area contributed by atoms with Gasteiger partial charge < -0.3 is 9.84 Å². The van der Waals surface area contributed by atoms with E-state index in [0.717, 1.165) is 22.4 Å². The maximum Gasteiger partial charge on any atom is 0.412 e. The van der Waals surface area contributed by atoms with Crippen molar-refractivity contribution >= 4 is 11.8 Å². The highest BCUT2D eigenvalue weighted by atomic mass is 16.6. The molecule has 0 aliphatic carbocycles. The summed E-state index contributed by atoms with van der Waals surface area (Å²) in [6.07, 6.45) is -0.315. The molecular formula is C16H25NO3. The Labute approximate surface area is 121 Å². The lowest BCUT2D eigenvalue weighted by Gasteiger charge is -2.21. The van der Waals surface area contributed by atoms with Crippen molar-refractivity contribution in [2.75, 3.05) is 5.32 Å². The quantitative estimate of drug-likeness (QED) is 0.889. The summed E-state index contributed by atoms with van der Waals surface area (Å²) in [7, 11) is 0. The Hall–Kier alpha value is -1.55. The summed E-state index contributed by atoms with van der Waals surface area (Å²) in [5.41, 5.74) is 3.29. The van der Waals surface area contributed by atoms with Crippen LogP contribution in [-0.2, 0) is 11.2 Å². The average molecular weight is 279 g/mol. The normalized spacial score (nSPS) is 12.9. The molecule has 0 fully saturated rings. The lowest BCUT2D eigenvalue weighted by atomic mass is 10.0. The molecule has 1 atom stereocenters. The highest BCUT2D eigenvalue weighted by Gasteiger charge is 2.17. The maximum atomic E-state index is 11.8. The van der Waals surface area contributed by atoms with Crippen LogP contribution in [0.3, 0.4) is 0 Å². The summed E-state index contributed by atoms with van der Waals surface area (Å²) in [6.45, 7) is 11.2. The number of carbonyl (C=O) groups excluding carboxylic acids is 1. The molecule has 0 heterocycles. The van der Waals surface area contributed by atoms with Gasteiger partial charge in [-0.1, -0.05) is 6.07 Å². The van der Waals surface area contributed by atoms with Crippen LogP contribution < -0.4 is 5.32 Å². The lowest BCUT2D eigenvalue weighted by Crippen LogP contribution is -2.27. The van der Waals surface area contributed by atoms with Crippen molar-refractivity contribution in [1.29, 1.82) is 0 Å². The van der Waals surface area contributed by atoms with E-state index in [1.54, 1.807) is 6.92 Å².